The Hall–Kier alpha value is -1.07. The van der Waals surface area contributed by atoms with Crippen molar-refractivity contribution in [2.75, 3.05) is 20.4 Å². The fraction of sp³-hybridized carbons (Fsp3) is 0.300. The van der Waals surface area contributed by atoms with Gasteiger partial charge in [-0.2, -0.15) is 0 Å². The number of nitrogens with zero attached hydrogens (tertiary/aromatic N) is 1. The number of halogens is 1. The van der Waals surface area contributed by atoms with Crippen LogP contribution in [0.15, 0.2) is 23.1 Å². The number of hydrogen-bond acceptors (Lipinski definition) is 3. The van der Waals surface area contributed by atoms with Crippen LogP contribution in [0.2, 0.25) is 5.02 Å². The van der Waals surface area contributed by atoms with Crippen LogP contribution in [-0.4, -0.2) is 39.6 Å². The zero-order chi connectivity index (χ0) is 12.5. The Balaban J connectivity index is 3.34. The second-order valence-corrected chi connectivity index (χ2v) is 6.01. The molecule has 0 aliphatic carbocycles. The summed E-state index contributed by atoms with van der Waals surface area (Å²) in [6, 6.07) is 4.20. The van der Waals surface area contributed by atoms with Crippen LogP contribution in [0.3, 0.4) is 0 Å². The van der Waals surface area contributed by atoms with E-state index in [0.717, 1.165) is 6.26 Å². The lowest BCUT2D eigenvalue weighted by atomic mass is 10.2. The molecule has 0 fully saturated rings. The number of carbonyl (C=O) groups is 1. The van der Waals surface area contributed by atoms with Crippen LogP contribution < -0.4 is 0 Å². The average Bonchev–Trinajstić information content (AvgIpc) is 2.15. The van der Waals surface area contributed by atoms with E-state index in [1.54, 1.807) is 14.1 Å². The summed E-state index contributed by atoms with van der Waals surface area (Å²) in [5.74, 6) is -0.262. The van der Waals surface area contributed by atoms with E-state index in [2.05, 4.69) is 0 Å². The van der Waals surface area contributed by atoms with Crippen LogP contribution >= 0.6 is 11.6 Å². The molecule has 0 unspecified atom stereocenters. The standard InChI is InChI=1S/C10H12ClNO3S/c1-12(2)10(13)7-4-5-8(11)9(6-7)16(3,14)15/h4-6H,1-3H3. The van der Waals surface area contributed by atoms with Gasteiger partial charge in [0.25, 0.3) is 5.91 Å². The monoisotopic (exact) mass is 261 g/mol. The van der Waals surface area contributed by atoms with E-state index < -0.39 is 9.84 Å². The first kappa shape index (κ1) is 13.0. The molecule has 16 heavy (non-hydrogen) atoms. The third kappa shape index (κ3) is 2.74. The summed E-state index contributed by atoms with van der Waals surface area (Å²) in [5.41, 5.74) is 0.301. The van der Waals surface area contributed by atoms with Crippen molar-refractivity contribution in [1.29, 1.82) is 0 Å². The molecule has 0 bridgehead atoms. The van der Waals surface area contributed by atoms with Crippen molar-refractivity contribution < 1.29 is 13.2 Å². The van der Waals surface area contributed by atoms with Crippen molar-refractivity contribution in [3.63, 3.8) is 0 Å². The Bertz CT molecular complexity index is 523. The first-order chi connectivity index (χ1) is 7.23. The predicted octanol–water partition coefficient (Wildman–Crippen LogP) is 1.45. The summed E-state index contributed by atoms with van der Waals surface area (Å²) in [6.07, 6.45) is 1.05. The molecule has 0 aliphatic rings. The quantitative estimate of drug-likeness (QED) is 0.810. The van der Waals surface area contributed by atoms with Crippen LogP contribution in [0.4, 0.5) is 0 Å². The molecule has 6 heteroatoms. The number of rotatable bonds is 2. The normalized spacial score (nSPS) is 11.2. The Morgan fingerprint density at radius 1 is 1.31 bits per heavy atom. The predicted molar refractivity (Wildman–Crippen MR) is 62.6 cm³/mol. The van der Waals surface area contributed by atoms with Crippen LogP contribution in [0.25, 0.3) is 0 Å². The second kappa shape index (κ2) is 4.43. The summed E-state index contributed by atoms with van der Waals surface area (Å²) in [4.78, 5) is 13.0. The fourth-order valence-electron chi connectivity index (χ4n) is 1.18. The highest BCUT2D eigenvalue weighted by atomic mass is 35.5. The lowest BCUT2D eigenvalue weighted by Crippen LogP contribution is -2.21. The third-order valence-corrected chi connectivity index (χ3v) is 3.56. The molecule has 0 aromatic heterocycles. The molecule has 0 heterocycles. The largest absolute Gasteiger partial charge is 0.345 e. The molecule has 1 amide bonds. The first-order valence-electron chi connectivity index (χ1n) is 4.44. The molecule has 88 valence electrons. The molecule has 0 spiro atoms. The molecular weight excluding hydrogens is 250 g/mol. The molecular formula is C10H12ClNO3S. The van der Waals surface area contributed by atoms with Crippen molar-refractivity contribution in [2.45, 2.75) is 4.90 Å². The van der Waals surface area contributed by atoms with Gasteiger partial charge in [-0.15, -0.1) is 0 Å². The van der Waals surface area contributed by atoms with Gasteiger partial charge < -0.3 is 4.90 Å². The molecule has 0 aliphatic heterocycles. The van der Waals surface area contributed by atoms with Crippen molar-refractivity contribution in [3.05, 3.63) is 28.8 Å². The molecule has 0 atom stereocenters. The van der Waals surface area contributed by atoms with E-state index in [4.69, 9.17) is 11.6 Å². The molecule has 1 rings (SSSR count). The molecule has 0 saturated carbocycles. The van der Waals surface area contributed by atoms with Gasteiger partial charge >= 0.3 is 0 Å². The van der Waals surface area contributed by atoms with Gasteiger partial charge in [-0.1, -0.05) is 11.6 Å². The minimum Gasteiger partial charge on any atom is -0.345 e. The summed E-state index contributed by atoms with van der Waals surface area (Å²) in [6.45, 7) is 0. The minimum absolute atomic E-state index is 0.0260. The highest BCUT2D eigenvalue weighted by molar-refractivity contribution is 7.90. The van der Waals surface area contributed by atoms with Crippen LogP contribution in [0, 0.1) is 0 Å². The molecule has 1 aromatic rings. The zero-order valence-corrected chi connectivity index (χ0v) is 10.8. The van der Waals surface area contributed by atoms with Gasteiger partial charge in [-0.3, -0.25) is 4.79 Å². The maximum atomic E-state index is 11.6. The lowest BCUT2D eigenvalue weighted by Gasteiger charge is -2.11. The van der Waals surface area contributed by atoms with E-state index in [9.17, 15) is 13.2 Å². The van der Waals surface area contributed by atoms with Gasteiger partial charge in [-0.05, 0) is 18.2 Å². The third-order valence-electron chi connectivity index (χ3n) is 1.98. The Labute approximate surface area is 99.7 Å². The highest BCUT2D eigenvalue weighted by Crippen LogP contribution is 2.22. The van der Waals surface area contributed by atoms with Crippen LogP contribution in [0.5, 0.6) is 0 Å². The summed E-state index contributed by atoms with van der Waals surface area (Å²) in [7, 11) is -0.229. The van der Waals surface area contributed by atoms with E-state index in [1.165, 1.54) is 23.1 Å². The fourth-order valence-corrected chi connectivity index (χ4v) is 2.48. The van der Waals surface area contributed by atoms with Gasteiger partial charge in [0.15, 0.2) is 9.84 Å². The summed E-state index contributed by atoms with van der Waals surface area (Å²) in [5, 5.41) is 0.123. The molecule has 4 nitrogen and oxygen atoms in total. The topological polar surface area (TPSA) is 54.5 Å². The Kier molecular flexibility index (Phi) is 3.60. The molecule has 0 N–H and O–H groups in total. The van der Waals surface area contributed by atoms with Crippen molar-refractivity contribution in [3.8, 4) is 0 Å². The van der Waals surface area contributed by atoms with E-state index >= 15 is 0 Å². The Morgan fingerprint density at radius 3 is 2.31 bits per heavy atom. The SMILES string of the molecule is CN(C)C(=O)c1ccc(Cl)c(S(C)(=O)=O)c1. The average molecular weight is 262 g/mol. The number of carbonyl (C=O) groups excluding carboxylic acids is 1. The maximum absolute atomic E-state index is 11.6. The van der Waals surface area contributed by atoms with E-state index in [0.29, 0.717) is 5.56 Å². The van der Waals surface area contributed by atoms with Crippen LogP contribution in [-0.2, 0) is 9.84 Å². The van der Waals surface area contributed by atoms with Crippen molar-refractivity contribution in [1.82, 2.24) is 4.90 Å². The molecule has 0 radical (unpaired) electrons. The summed E-state index contributed by atoms with van der Waals surface area (Å²) < 4.78 is 22.8. The van der Waals surface area contributed by atoms with Gasteiger partial charge in [0.2, 0.25) is 0 Å². The smallest absolute Gasteiger partial charge is 0.253 e. The van der Waals surface area contributed by atoms with Gasteiger partial charge in [0.05, 0.1) is 9.92 Å². The van der Waals surface area contributed by atoms with Gasteiger partial charge in [0.1, 0.15) is 0 Å². The highest BCUT2D eigenvalue weighted by Gasteiger charge is 2.16. The van der Waals surface area contributed by atoms with Crippen LogP contribution in [0.1, 0.15) is 10.4 Å². The van der Waals surface area contributed by atoms with Gasteiger partial charge in [-0.25, -0.2) is 8.42 Å². The number of amides is 1. The van der Waals surface area contributed by atoms with Gasteiger partial charge in [0, 0.05) is 25.9 Å². The number of hydrogen-bond donors (Lipinski definition) is 0. The minimum atomic E-state index is -3.42. The molecule has 1 aromatic carbocycles. The summed E-state index contributed by atoms with van der Waals surface area (Å²) >= 11 is 5.76. The maximum Gasteiger partial charge on any atom is 0.253 e. The Morgan fingerprint density at radius 2 is 1.88 bits per heavy atom. The first-order valence-corrected chi connectivity index (χ1v) is 6.71. The van der Waals surface area contributed by atoms with E-state index in [1.807, 2.05) is 0 Å². The second-order valence-electron chi connectivity index (χ2n) is 3.62. The number of benzene rings is 1. The number of sulfone groups is 1. The molecule has 0 saturated heterocycles. The van der Waals surface area contributed by atoms with E-state index in [-0.39, 0.29) is 15.8 Å². The van der Waals surface area contributed by atoms with Crippen molar-refractivity contribution >= 4 is 27.3 Å². The zero-order valence-electron chi connectivity index (χ0n) is 9.19. The lowest BCUT2D eigenvalue weighted by molar-refractivity contribution is 0.0827. The van der Waals surface area contributed by atoms with Crippen molar-refractivity contribution in [2.24, 2.45) is 0 Å².